The topological polar surface area (TPSA) is 106 Å². The number of nitrogens with two attached hydrogens (primary N) is 1. The molecular formula is C18H29N4O3PS. The molecule has 0 saturated carbocycles. The summed E-state index contributed by atoms with van der Waals surface area (Å²) in [5, 5.41) is 22.0. The molecule has 7 nitrogen and oxygen atoms in total. The average molecular weight is 412 g/mol. The van der Waals surface area contributed by atoms with Crippen molar-refractivity contribution in [3.8, 4) is 0 Å². The van der Waals surface area contributed by atoms with Crippen LogP contribution >= 0.6 is 18.6 Å². The zero-order chi connectivity index (χ0) is 19.8. The molecule has 3 rings (SSSR count). The van der Waals surface area contributed by atoms with Gasteiger partial charge in [0.1, 0.15) is 17.7 Å². The summed E-state index contributed by atoms with van der Waals surface area (Å²) in [4.78, 5) is 9.04. The van der Waals surface area contributed by atoms with Crippen LogP contribution in [0.5, 0.6) is 0 Å². The van der Waals surface area contributed by atoms with E-state index in [4.69, 9.17) is 10.5 Å². The molecule has 1 aliphatic heterocycles. The molecule has 1 saturated heterocycles. The predicted molar refractivity (Wildman–Crippen MR) is 114 cm³/mol. The molecular weight excluding hydrogens is 383 g/mol. The Bertz CT molecular complexity index is 852. The van der Waals surface area contributed by atoms with E-state index in [0.29, 0.717) is 28.4 Å². The number of hydrogen-bond donors (Lipinski definition) is 3. The van der Waals surface area contributed by atoms with Gasteiger partial charge < -0.3 is 20.7 Å². The van der Waals surface area contributed by atoms with Crippen LogP contribution in [0.25, 0.3) is 11.2 Å². The Hall–Kier alpha value is -1.05. The molecule has 150 valence electrons. The maximum absolute atomic E-state index is 10.7. The number of thioether (sulfide) groups is 1. The van der Waals surface area contributed by atoms with E-state index in [2.05, 4.69) is 36.5 Å². The molecule has 4 atom stereocenters. The first-order valence-electron chi connectivity index (χ1n) is 9.17. The molecule has 0 spiro atoms. The lowest BCUT2D eigenvalue weighted by molar-refractivity contribution is -0.0400. The van der Waals surface area contributed by atoms with Gasteiger partial charge >= 0.3 is 0 Å². The first kappa shape index (κ1) is 20.7. The first-order chi connectivity index (χ1) is 12.7. The van der Waals surface area contributed by atoms with Crippen LogP contribution in [0, 0.1) is 0 Å². The molecule has 0 unspecified atom stereocenters. The zero-order valence-electron chi connectivity index (χ0n) is 16.1. The summed E-state index contributed by atoms with van der Waals surface area (Å²) in [7, 11) is 0. The number of nitrogens with zero attached hydrogens (tertiary/aromatic N) is 3. The highest BCUT2D eigenvalue weighted by atomic mass is 32.2. The van der Waals surface area contributed by atoms with E-state index in [9.17, 15) is 10.2 Å². The number of nitrogen functional groups attached to an aromatic ring is 1. The summed E-state index contributed by atoms with van der Waals surface area (Å²) in [5.74, 6) is 0.873. The van der Waals surface area contributed by atoms with Gasteiger partial charge in [0.15, 0.2) is 17.0 Å². The molecule has 3 heterocycles. The second-order valence-corrected chi connectivity index (χ2v) is 13.1. The van der Waals surface area contributed by atoms with Crippen LogP contribution in [-0.4, -0.2) is 74.6 Å². The standard InChI is InChI=1S/C18H29N4O3PS/c1-5-10-27-18-21-13-11(19)6-8-20-16(13)22(18)17-15(24)14(23)12(25-17)7-9-26(2,3)4/h6,8,12,14-15,17,23-24H,2,5,7,9-10H2,1,3-4H3,(H2,19,20)/t12-,14-,15-,17-/m1/s1. The predicted octanol–water partition coefficient (Wildman–Crippen LogP) is 2.23. The van der Waals surface area contributed by atoms with E-state index < -0.39 is 31.4 Å². The summed E-state index contributed by atoms with van der Waals surface area (Å²) in [6.45, 7) is 5.16. The summed E-state index contributed by atoms with van der Waals surface area (Å²) in [6.07, 6.45) is 5.19. The second kappa shape index (κ2) is 8.13. The quantitative estimate of drug-likeness (QED) is 0.473. The highest BCUT2D eigenvalue weighted by molar-refractivity contribution is 7.99. The minimum Gasteiger partial charge on any atom is -0.397 e. The van der Waals surface area contributed by atoms with E-state index in [-0.39, 0.29) is 0 Å². The molecule has 1 fully saturated rings. The van der Waals surface area contributed by atoms with Gasteiger partial charge in [0, 0.05) is 11.9 Å². The number of hydrogen-bond acceptors (Lipinski definition) is 7. The van der Waals surface area contributed by atoms with Crippen LogP contribution in [0.4, 0.5) is 5.69 Å². The maximum atomic E-state index is 10.7. The van der Waals surface area contributed by atoms with Crippen LogP contribution in [0.15, 0.2) is 17.4 Å². The molecule has 0 radical (unpaired) electrons. The number of imidazole rings is 1. The molecule has 0 aromatic carbocycles. The van der Waals surface area contributed by atoms with Crippen LogP contribution < -0.4 is 5.73 Å². The fourth-order valence-corrected chi connectivity index (χ4v) is 5.00. The molecule has 1 aliphatic rings. The minimum absolute atomic E-state index is 0.437. The van der Waals surface area contributed by atoms with E-state index >= 15 is 0 Å². The van der Waals surface area contributed by atoms with Crippen molar-refractivity contribution < 1.29 is 14.9 Å². The fraction of sp³-hybridized carbons (Fsp3) is 0.611. The van der Waals surface area contributed by atoms with E-state index in [1.54, 1.807) is 28.6 Å². The van der Waals surface area contributed by atoms with Crippen LogP contribution in [0.3, 0.4) is 0 Å². The Morgan fingerprint density at radius 3 is 2.78 bits per heavy atom. The summed E-state index contributed by atoms with van der Waals surface area (Å²) < 4.78 is 7.90. The number of ether oxygens (including phenoxy) is 1. The van der Waals surface area contributed by atoms with Crippen molar-refractivity contribution in [2.24, 2.45) is 0 Å². The molecule has 2 aromatic heterocycles. The molecule has 2 aromatic rings. The lowest BCUT2D eigenvalue weighted by atomic mass is 10.1. The molecule has 27 heavy (non-hydrogen) atoms. The normalized spacial score (nSPS) is 26.1. The van der Waals surface area contributed by atoms with Gasteiger partial charge in [-0.15, -0.1) is 13.2 Å². The lowest BCUT2D eigenvalue weighted by Crippen LogP contribution is -2.32. The van der Waals surface area contributed by atoms with Gasteiger partial charge in [-0.1, -0.05) is 18.7 Å². The molecule has 0 amide bonds. The minimum atomic E-state index is -1.24. The van der Waals surface area contributed by atoms with Crippen molar-refractivity contribution in [1.29, 1.82) is 0 Å². The lowest BCUT2D eigenvalue weighted by Gasteiger charge is -2.19. The molecule has 0 aliphatic carbocycles. The third-order valence-corrected chi connectivity index (χ3v) is 7.25. The molecule has 9 heteroatoms. The van der Waals surface area contributed by atoms with Gasteiger partial charge in [0.25, 0.3) is 0 Å². The van der Waals surface area contributed by atoms with E-state index in [0.717, 1.165) is 18.3 Å². The van der Waals surface area contributed by atoms with Gasteiger partial charge in [-0.3, -0.25) is 4.57 Å². The monoisotopic (exact) mass is 412 g/mol. The number of pyridine rings is 1. The number of aliphatic hydroxyl groups is 2. The van der Waals surface area contributed by atoms with Gasteiger partial charge in [0.05, 0.1) is 11.8 Å². The maximum Gasteiger partial charge on any atom is 0.172 e. The number of anilines is 1. The first-order valence-corrected chi connectivity index (χ1v) is 13.2. The Morgan fingerprint density at radius 1 is 1.37 bits per heavy atom. The number of aromatic nitrogens is 3. The molecule has 4 N–H and O–H groups in total. The number of rotatable bonds is 7. The number of aliphatic hydroxyl groups excluding tert-OH is 2. The molecule has 0 bridgehead atoms. The highest BCUT2D eigenvalue weighted by Crippen LogP contribution is 2.41. The van der Waals surface area contributed by atoms with Gasteiger partial charge in [0.2, 0.25) is 0 Å². The SMILES string of the molecule is C=P(C)(C)CC[C@H]1O[C@@H](n2c(SCCC)nc3c(N)ccnc32)[C@H](O)[C@@H]1O. The second-order valence-electron chi connectivity index (χ2n) is 7.68. The van der Waals surface area contributed by atoms with Crippen molar-refractivity contribution in [2.45, 2.75) is 49.5 Å². The van der Waals surface area contributed by atoms with Gasteiger partial charge in [-0.2, -0.15) is 0 Å². The van der Waals surface area contributed by atoms with Crippen molar-refractivity contribution in [3.63, 3.8) is 0 Å². The Morgan fingerprint density at radius 2 is 2.11 bits per heavy atom. The summed E-state index contributed by atoms with van der Waals surface area (Å²) in [5.41, 5.74) is 7.76. The van der Waals surface area contributed by atoms with Crippen LogP contribution in [0.1, 0.15) is 26.0 Å². The van der Waals surface area contributed by atoms with Gasteiger partial charge in [-0.25, -0.2) is 9.97 Å². The average Bonchev–Trinajstić information content (AvgIpc) is 3.10. The highest BCUT2D eigenvalue weighted by Gasteiger charge is 2.45. The van der Waals surface area contributed by atoms with Crippen molar-refractivity contribution in [2.75, 3.05) is 31.0 Å². The smallest absolute Gasteiger partial charge is 0.172 e. The third kappa shape index (κ3) is 4.35. The summed E-state index contributed by atoms with van der Waals surface area (Å²) >= 11 is 1.57. The number of fused-ring (bicyclic) bond motifs is 1. The Labute approximate surface area is 164 Å². The fourth-order valence-electron chi connectivity index (χ4n) is 3.17. The van der Waals surface area contributed by atoms with Crippen LogP contribution in [0.2, 0.25) is 0 Å². The Balaban J connectivity index is 1.95. The van der Waals surface area contributed by atoms with E-state index in [1.165, 1.54) is 0 Å². The van der Waals surface area contributed by atoms with Crippen molar-refractivity contribution in [1.82, 2.24) is 14.5 Å². The van der Waals surface area contributed by atoms with Gasteiger partial charge in [-0.05, 0) is 38.4 Å². The largest absolute Gasteiger partial charge is 0.397 e. The zero-order valence-corrected chi connectivity index (χ0v) is 17.8. The van der Waals surface area contributed by atoms with E-state index in [1.807, 2.05) is 0 Å². The van der Waals surface area contributed by atoms with Crippen molar-refractivity contribution in [3.05, 3.63) is 12.3 Å². The Kier molecular flexibility index (Phi) is 6.23. The van der Waals surface area contributed by atoms with Crippen molar-refractivity contribution >= 4 is 41.8 Å². The third-order valence-electron chi connectivity index (χ3n) is 4.62. The van der Waals surface area contributed by atoms with Crippen LogP contribution in [-0.2, 0) is 4.74 Å². The summed E-state index contributed by atoms with van der Waals surface area (Å²) in [6, 6.07) is 1.71.